The zero-order valence-electron chi connectivity index (χ0n) is 15.6. The summed E-state index contributed by atoms with van der Waals surface area (Å²) in [5, 5.41) is 1.38. The molecule has 0 bridgehead atoms. The van der Waals surface area contributed by atoms with Gasteiger partial charge in [0.15, 0.2) is 0 Å². The first kappa shape index (κ1) is 21.0. The Balaban J connectivity index is 3.03. The van der Waals surface area contributed by atoms with Gasteiger partial charge in [0.2, 0.25) is 0 Å². The van der Waals surface area contributed by atoms with Crippen LogP contribution >= 0.6 is 11.8 Å². The first-order valence-corrected chi connectivity index (χ1v) is 10.4. The second kappa shape index (κ2) is 11.5. The van der Waals surface area contributed by atoms with E-state index < -0.39 is 0 Å². The molecule has 0 aliphatic heterocycles. The molecule has 0 heterocycles. The first-order valence-electron chi connectivity index (χ1n) is 9.39. The molecule has 0 aliphatic carbocycles. The van der Waals surface area contributed by atoms with E-state index in [4.69, 9.17) is 5.84 Å². The zero-order valence-corrected chi connectivity index (χ0v) is 16.4. The molecule has 1 aromatic rings. The highest BCUT2D eigenvalue weighted by atomic mass is 32.2. The number of rotatable bonds is 12. The van der Waals surface area contributed by atoms with Crippen molar-refractivity contribution in [2.24, 2.45) is 5.84 Å². The van der Waals surface area contributed by atoms with Crippen LogP contribution in [0, 0.1) is 0 Å². The van der Waals surface area contributed by atoms with Crippen LogP contribution < -0.4 is 10.9 Å². The Kier molecular flexibility index (Phi) is 10.1. The minimum atomic E-state index is -0.383. The number of carbonyl (C=O) groups excluding carboxylic acids is 1. The molecule has 0 saturated heterocycles. The van der Waals surface area contributed by atoms with Crippen LogP contribution in [-0.2, 0) is 4.79 Å². The van der Waals surface area contributed by atoms with Crippen molar-refractivity contribution < 1.29 is 4.79 Å². The van der Waals surface area contributed by atoms with E-state index in [1.54, 1.807) is 0 Å². The highest BCUT2D eigenvalue weighted by molar-refractivity contribution is 8.01. The van der Waals surface area contributed by atoms with Gasteiger partial charge in [-0.3, -0.25) is 4.79 Å². The smallest absolute Gasteiger partial charge is 0.257 e. The lowest BCUT2D eigenvalue weighted by Crippen LogP contribution is -2.51. The molecule has 1 rings (SSSR count). The third kappa shape index (κ3) is 6.14. The maximum absolute atomic E-state index is 13.4. The Hall–Kier alpha value is -1.00. The summed E-state index contributed by atoms with van der Waals surface area (Å²) in [7, 11) is 0. The Morgan fingerprint density at radius 3 is 2.04 bits per heavy atom. The molecule has 0 aromatic heterocycles. The number of anilines is 1. The van der Waals surface area contributed by atoms with Gasteiger partial charge in [0.05, 0.1) is 10.4 Å². The van der Waals surface area contributed by atoms with Crippen LogP contribution in [0.1, 0.15) is 72.1 Å². The zero-order chi connectivity index (χ0) is 17.8. The number of nitrogens with zero attached hydrogens (tertiary/aromatic N) is 1. The molecular formula is C20H34N2OS. The SMILES string of the molecule is CCCCSC(CCCC)(CCCC)C(=O)N(N)c1ccccc1. The number of carbonyl (C=O) groups is 1. The average Bonchev–Trinajstić information content (AvgIpc) is 2.63. The summed E-state index contributed by atoms with van der Waals surface area (Å²) in [5.41, 5.74) is 0.774. The molecule has 0 saturated carbocycles. The number of benzene rings is 1. The summed E-state index contributed by atoms with van der Waals surface area (Å²) >= 11 is 1.83. The van der Waals surface area contributed by atoms with Crippen LogP contribution in [-0.4, -0.2) is 16.4 Å². The van der Waals surface area contributed by atoms with Crippen molar-refractivity contribution in [3.63, 3.8) is 0 Å². The van der Waals surface area contributed by atoms with Crippen LogP contribution in [0.3, 0.4) is 0 Å². The van der Waals surface area contributed by atoms with Gasteiger partial charge in [0.1, 0.15) is 0 Å². The Morgan fingerprint density at radius 2 is 1.54 bits per heavy atom. The number of hydrazine groups is 1. The molecule has 136 valence electrons. The molecule has 0 aliphatic rings. The molecular weight excluding hydrogens is 316 g/mol. The molecule has 0 unspecified atom stereocenters. The van der Waals surface area contributed by atoms with Crippen LogP contribution in [0.15, 0.2) is 30.3 Å². The predicted molar refractivity (Wildman–Crippen MR) is 107 cm³/mol. The fourth-order valence-electron chi connectivity index (χ4n) is 2.81. The van der Waals surface area contributed by atoms with E-state index in [2.05, 4.69) is 20.8 Å². The second-order valence-corrected chi connectivity index (χ2v) is 7.89. The van der Waals surface area contributed by atoms with Crippen LogP contribution in [0.2, 0.25) is 0 Å². The van der Waals surface area contributed by atoms with Crippen molar-refractivity contribution in [2.75, 3.05) is 10.8 Å². The number of para-hydroxylation sites is 1. The lowest BCUT2D eigenvalue weighted by atomic mass is 9.93. The normalized spacial score (nSPS) is 11.5. The number of amides is 1. The van der Waals surface area contributed by atoms with Crippen LogP contribution in [0.25, 0.3) is 0 Å². The summed E-state index contributed by atoms with van der Waals surface area (Å²) in [6.07, 6.45) is 8.47. The molecule has 1 aromatic carbocycles. The van der Waals surface area contributed by atoms with Gasteiger partial charge in [0.25, 0.3) is 5.91 Å². The fourth-order valence-corrected chi connectivity index (χ4v) is 4.43. The van der Waals surface area contributed by atoms with Gasteiger partial charge < -0.3 is 0 Å². The largest absolute Gasteiger partial charge is 0.271 e. The summed E-state index contributed by atoms with van der Waals surface area (Å²) in [6.45, 7) is 6.56. The number of thioether (sulfide) groups is 1. The van der Waals surface area contributed by atoms with E-state index in [1.165, 1.54) is 5.01 Å². The van der Waals surface area contributed by atoms with Gasteiger partial charge in [-0.25, -0.2) is 10.9 Å². The van der Waals surface area contributed by atoms with Gasteiger partial charge in [-0.2, -0.15) is 0 Å². The van der Waals surface area contributed by atoms with Gasteiger partial charge in [-0.15, -0.1) is 11.8 Å². The molecule has 4 heteroatoms. The topological polar surface area (TPSA) is 46.3 Å². The van der Waals surface area contributed by atoms with Crippen molar-refractivity contribution in [1.29, 1.82) is 0 Å². The molecule has 0 radical (unpaired) electrons. The van der Waals surface area contributed by atoms with E-state index >= 15 is 0 Å². The molecule has 0 spiro atoms. The minimum absolute atomic E-state index is 0.0664. The van der Waals surface area contributed by atoms with E-state index in [-0.39, 0.29) is 10.7 Å². The van der Waals surface area contributed by atoms with Crippen LogP contribution in [0.4, 0.5) is 5.69 Å². The van der Waals surface area contributed by atoms with E-state index in [0.29, 0.717) is 0 Å². The Bertz CT molecular complexity index is 456. The molecule has 0 atom stereocenters. The van der Waals surface area contributed by atoms with Gasteiger partial charge in [-0.1, -0.05) is 71.1 Å². The second-order valence-electron chi connectivity index (χ2n) is 6.41. The Labute approximate surface area is 152 Å². The highest BCUT2D eigenvalue weighted by Gasteiger charge is 2.40. The molecule has 0 fully saturated rings. The summed E-state index contributed by atoms with van der Waals surface area (Å²) in [6, 6.07) is 9.59. The number of nitrogens with two attached hydrogens (primary N) is 1. The standard InChI is InChI=1S/C20H34N2OS/c1-4-7-15-20(16-8-5-2,24-17-9-6-3)19(23)22(21)18-13-11-10-12-14-18/h10-14H,4-9,15-17,21H2,1-3H3. The van der Waals surface area contributed by atoms with Gasteiger partial charge in [0, 0.05) is 0 Å². The first-order chi connectivity index (χ1) is 11.6. The average molecular weight is 351 g/mol. The maximum atomic E-state index is 13.4. The number of hydrogen-bond acceptors (Lipinski definition) is 3. The van der Waals surface area contributed by atoms with Gasteiger partial charge >= 0.3 is 0 Å². The lowest BCUT2D eigenvalue weighted by Gasteiger charge is -2.35. The van der Waals surface area contributed by atoms with Crippen molar-refractivity contribution in [2.45, 2.75) is 76.9 Å². The maximum Gasteiger partial charge on any atom is 0.257 e. The monoisotopic (exact) mass is 350 g/mol. The van der Waals surface area contributed by atoms with E-state index in [1.807, 2.05) is 42.1 Å². The van der Waals surface area contributed by atoms with Crippen molar-refractivity contribution in [3.05, 3.63) is 30.3 Å². The predicted octanol–water partition coefficient (Wildman–Crippen LogP) is 5.55. The fraction of sp³-hybridized carbons (Fsp3) is 0.650. The number of hydrogen-bond donors (Lipinski definition) is 1. The van der Waals surface area contributed by atoms with Crippen molar-refractivity contribution in [1.82, 2.24) is 0 Å². The summed E-state index contributed by atoms with van der Waals surface area (Å²) in [5.74, 6) is 7.34. The highest BCUT2D eigenvalue weighted by Crippen LogP contribution is 2.39. The van der Waals surface area contributed by atoms with E-state index in [0.717, 1.165) is 62.8 Å². The summed E-state index contributed by atoms with van der Waals surface area (Å²) in [4.78, 5) is 13.4. The molecule has 1 amide bonds. The molecule has 2 N–H and O–H groups in total. The van der Waals surface area contributed by atoms with Crippen LogP contribution in [0.5, 0.6) is 0 Å². The van der Waals surface area contributed by atoms with Gasteiger partial charge in [-0.05, 0) is 37.1 Å². The summed E-state index contributed by atoms with van der Waals surface area (Å²) < 4.78 is -0.383. The number of unbranched alkanes of at least 4 members (excludes halogenated alkanes) is 3. The Morgan fingerprint density at radius 1 is 1.00 bits per heavy atom. The van der Waals surface area contributed by atoms with Crippen molar-refractivity contribution in [3.8, 4) is 0 Å². The molecule has 24 heavy (non-hydrogen) atoms. The third-order valence-electron chi connectivity index (χ3n) is 4.39. The van der Waals surface area contributed by atoms with E-state index in [9.17, 15) is 4.79 Å². The third-order valence-corrected chi connectivity index (χ3v) is 6.02. The lowest BCUT2D eigenvalue weighted by molar-refractivity contribution is -0.121. The molecule has 3 nitrogen and oxygen atoms in total. The van der Waals surface area contributed by atoms with Crippen molar-refractivity contribution >= 4 is 23.4 Å². The quantitative estimate of drug-likeness (QED) is 0.233. The minimum Gasteiger partial charge on any atom is -0.271 e.